The van der Waals surface area contributed by atoms with Crippen LogP contribution >= 0.6 is 0 Å². The number of rotatable bonds is 6. The minimum Gasteiger partial charge on any atom is -0.355 e. The lowest BCUT2D eigenvalue weighted by molar-refractivity contribution is -0.0557. The highest BCUT2D eigenvalue weighted by Gasteiger charge is 2.27. The van der Waals surface area contributed by atoms with Crippen molar-refractivity contribution < 1.29 is 21.2 Å². The Balaban J connectivity index is 4.35. The molecule has 0 saturated heterocycles. The van der Waals surface area contributed by atoms with Crippen LogP contribution in [0.1, 0.15) is 13.3 Å². The molecular weight excluding hydrogens is 224 g/mol. The van der Waals surface area contributed by atoms with Crippen molar-refractivity contribution in [3.8, 4) is 0 Å². The SMILES string of the molecule is CCC(OC)OS(=O)(=O)O[Si](C)(C)C. The molecule has 0 aliphatic carbocycles. The van der Waals surface area contributed by atoms with E-state index in [2.05, 4.69) is 4.18 Å². The number of hydrogen-bond donors (Lipinski definition) is 0. The van der Waals surface area contributed by atoms with Gasteiger partial charge in [-0.25, -0.2) is 4.18 Å². The summed E-state index contributed by atoms with van der Waals surface area (Å²) in [6.45, 7) is 7.06. The molecule has 0 aliphatic rings. The second-order valence-corrected chi connectivity index (χ2v) is 9.67. The zero-order valence-corrected chi connectivity index (χ0v) is 11.1. The third-order valence-electron chi connectivity index (χ3n) is 1.17. The lowest BCUT2D eigenvalue weighted by atomic mass is 10.5. The van der Waals surface area contributed by atoms with E-state index in [1.165, 1.54) is 7.11 Å². The molecule has 1 atom stereocenters. The molecule has 0 spiro atoms. The Hall–Kier alpha value is 0.0469. The van der Waals surface area contributed by atoms with E-state index in [-0.39, 0.29) is 0 Å². The summed E-state index contributed by atoms with van der Waals surface area (Å²) in [4.78, 5) is 0. The zero-order valence-electron chi connectivity index (χ0n) is 9.23. The van der Waals surface area contributed by atoms with Crippen LogP contribution in [0.25, 0.3) is 0 Å². The van der Waals surface area contributed by atoms with E-state index in [1.807, 2.05) is 0 Å². The maximum Gasteiger partial charge on any atom is 0.392 e. The predicted molar refractivity (Wildman–Crippen MR) is 55.5 cm³/mol. The summed E-state index contributed by atoms with van der Waals surface area (Å²) in [5.74, 6) is 0. The molecule has 0 fully saturated rings. The maximum atomic E-state index is 11.3. The fourth-order valence-electron chi connectivity index (χ4n) is 0.731. The van der Waals surface area contributed by atoms with Crippen molar-refractivity contribution >= 4 is 18.7 Å². The van der Waals surface area contributed by atoms with E-state index in [0.29, 0.717) is 6.42 Å². The highest BCUT2D eigenvalue weighted by molar-refractivity contribution is 7.83. The molecule has 14 heavy (non-hydrogen) atoms. The van der Waals surface area contributed by atoms with Gasteiger partial charge in [-0.2, -0.15) is 8.42 Å². The van der Waals surface area contributed by atoms with Crippen molar-refractivity contribution in [1.82, 2.24) is 0 Å². The Bertz CT molecular complexity index is 252. The Morgan fingerprint density at radius 2 is 1.79 bits per heavy atom. The molecule has 86 valence electrons. The molecule has 7 heteroatoms. The second kappa shape index (κ2) is 5.22. The topological polar surface area (TPSA) is 61.8 Å². The quantitative estimate of drug-likeness (QED) is 0.521. The van der Waals surface area contributed by atoms with Gasteiger partial charge in [0.15, 0.2) is 6.29 Å². The standard InChI is InChI=1S/C7H18O5SSi/c1-6-7(10-2)11-13(8,9)12-14(3,4)5/h7H,6H2,1-5H3. The smallest absolute Gasteiger partial charge is 0.355 e. The predicted octanol–water partition coefficient (Wildman–Crippen LogP) is 1.48. The number of hydrogen-bond acceptors (Lipinski definition) is 5. The van der Waals surface area contributed by atoms with E-state index in [0.717, 1.165) is 0 Å². The van der Waals surface area contributed by atoms with Crippen molar-refractivity contribution in [2.24, 2.45) is 0 Å². The summed E-state index contributed by atoms with van der Waals surface area (Å²) in [6.07, 6.45) is -0.318. The van der Waals surface area contributed by atoms with Gasteiger partial charge in [0.25, 0.3) is 0 Å². The highest BCUT2D eigenvalue weighted by atomic mass is 32.3. The average molecular weight is 242 g/mol. The maximum absolute atomic E-state index is 11.3. The van der Waals surface area contributed by atoms with Crippen molar-refractivity contribution in [3.05, 3.63) is 0 Å². The largest absolute Gasteiger partial charge is 0.392 e. The van der Waals surface area contributed by atoms with Crippen LogP contribution in [0.15, 0.2) is 0 Å². The van der Waals surface area contributed by atoms with Gasteiger partial charge in [-0.15, -0.1) is 0 Å². The monoisotopic (exact) mass is 242 g/mol. The van der Waals surface area contributed by atoms with Crippen LogP contribution in [0.5, 0.6) is 0 Å². The van der Waals surface area contributed by atoms with E-state index in [1.54, 1.807) is 26.6 Å². The Morgan fingerprint density at radius 1 is 1.29 bits per heavy atom. The van der Waals surface area contributed by atoms with E-state index < -0.39 is 25.0 Å². The molecule has 0 amide bonds. The van der Waals surface area contributed by atoms with Crippen molar-refractivity contribution in [2.45, 2.75) is 39.3 Å². The van der Waals surface area contributed by atoms with Gasteiger partial charge in [0.05, 0.1) is 0 Å². The molecule has 0 aliphatic heterocycles. The Morgan fingerprint density at radius 3 is 2.07 bits per heavy atom. The molecule has 0 aromatic rings. The average Bonchev–Trinajstić information content (AvgIpc) is 1.95. The van der Waals surface area contributed by atoms with E-state index in [4.69, 9.17) is 8.61 Å². The van der Waals surface area contributed by atoms with Crippen molar-refractivity contribution in [2.75, 3.05) is 7.11 Å². The van der Waals surface area contributed by atoms with Gasteiger partial charge >= 0.3 is 10.4 Å². The van der Waals surface area contributed by atoms with Gasteiger partial charge in [-0.1, -0.05) is 6.92 Å². The van der Waals surface area contributed by atoms with Gasteiger partial charge in [0.2, 0.25) is 8.32 Å². The third-order valence-corrected chi connectivity index (χ3v) is 4.44. The van der Waals surface area contributed by atoms with Crippen LogP contribution in [-0.4, -0.2) is 30.1 Å². The summed E-state index contributed by atoms with van der Waals surface area (Å²) in [6, 6.07) is 0. The lowest BCUT2D eigenvalue weighted by Crippen LogP contribution is -2.32. The molecule has 0 saturated carbocycles. The summed E-state index contributed by atoms with van der Waals surface area (Å²) in [5, 5.41) is 0. The summed E-state index contributed by atoms with van der Waals surface area (Å²) in [5.41, 5.74) is 0. The van der Waals surface area contributed by atoms with E-state index in [9.17, 15) is 8.42 Å². The molecule has 0 rings (SSSR count). The first-order chi connectivity index (χ1) is 6.20. The molecule has 5 nitrogen and oxygen atoms in total. The molecular formula is C7H18O5SSi. The Kier molecular flexibility index (Phi) is 5.24. The van der Waals surface area contributed by atoms with Gasteiger partial charge in [0, 0.05) is 7.11 Å². The van der Waals surface area contributed by atoms with Crippen LogP contribution < -0.4 is 0 Å². The van der Waals surface area contributed by atoms with Crippen LogP contribution in [-0.2, 0) is 23.2 Å². The lowest BCUT2D eigenvalue weighted by Gasteiger charge is -2.19. The molecule has 0 radical (unpaired) electrons. The number of ether oxygens (including phenoxy) is 1. The summed E-state index contributed by atoms with van der Waals surface area (Å²) < 4.78 is 36.9. The van der Waals surface area contributed by atoms with Crippen molar-refractivity contribution in [1.29, 1.82) is 0 Å². The zero-order chi connectivity index (χ0) is 11.4. The van der Waals surface area contributed by atoms with Gasteiger partial charge in [0.1, 0.15) is 0 Å². The fourth-order valence-corrected chi connectivity index (χ4v) is 3.82. The highest BCUT2D eigenvalue weighted by Crippen LogP contribution is 2.12. The molecule has 0 heterocycles. The van der Waals surface area contributed by atoms with Gasteiger partial charge in [-0.3, -0.25) is 3.87 Å². The van der Waals surface area contributed by atoms with Crippen LogP contribution in [0.4, 0.5) is 0 Å². The molecule has 0 bridgehead atoms. The third kappa shape index (κ3) is 6.49. The minimum absolute atomic E-state index is 0.449. The number of methoxy groups -OCH3 is 1. The fraction of sp³-hybridized carbons (Fsp3) is 1.00. The second-order valence-electron chi connectivity index (χ2n) is 3.77. The first-order valence-corrected chi connectivity index (χ1v) is 9.11. The molecule has 0 N–H and O–H groups in total. The normalized spacial score (nSPS) is 15.5. The van der Waals surface area contributed by atoms with Crippen LogP contribution in [0, 0.1) is 0 Å². The first kappa shape index (κ1) is 14.0. The van der Waals surface area contributed by atoms with Crippen molar-refractivity contribution in [3.63, 3.8) is 0 Å². The van der Waals surface area contributed by atoms with Crippen LogP contribution in [0.2, 0.25) is 19.6 Å². The van der Waals surface area contributed by atoms with Gasteiger partial charge < -0.3 is 4.74 Å². The molecule has 0 aromatic heterocycles. The minimum atomic E-state index is -3.93. The summed E-state index contributed by atoms with van der Waals surface area (Å²) in [7, 11) is -4.69. The van der Waals surface area contributed by atoms with Gasteiger partial charge in [-0.05, 0) is 26.1 Å². The molecule has 1 unspecified atom stereocenters. The molecule has 0 aromatic carbocycles. The Labute approximate surface area is 86.8 Å². The van der Waals surface area contributed by atoms with E-state index >= 15 is 0 Å². The summed E-state index contributed by atoms with van der Waals surface area (Å²) >= 11 is 0. The van der Waals surface area contributed by atoms with Crippen LogP contribution in [0.3, 0.4) is 0 Å². The first-order valence-electron chi connectivity index (χ1n) is 4.37.